The van der Waals surface area contributed by atoms with E-state index in [2.05, 4.69) is 286 Å². The van der Waals surface area contributed by atoms with Crippen LogP contribution in [-0.2, 0) is 27.1 Å². The Morgan fingerprint density at radius 2 is 0.760 bits per heavy atom. The van der Waals surface area contributed by atoms with Gasteiger partial charge in [-0.1, -0.05) is 237 Å². The summed E-state index contributed by atoms with van der Waals surface area (Å²) in [6.45, 7) is 21.3. The van der Waals surface area contributed by atoms with Gasteiger partial charge in [0.2, 0.25) is 0 Å². The van der Waals surface area contributed by atoms with Crippen LogP contribution in [0.2, 0.25) is 0 Å². The van der Waals surface area contributed by atoms with Gasteiger partial charge in [-0.25, -0.2) is 0 Å². The minimum absolute atomic E-state index is 0.0159. The third-order valence-corrected chi connectivity index (χ3v) is 18.1. The van der Waals surface area contributed by atoms with E-state index >= 15 is 0 Å². The molecule has 1 heteroatoms. The van der Waals surface area contributed by atoms with Gasteiger partial charge in [-0.15, -0.1) is 0 Å². The van der Waals surface area contributed by atoms with Crippen LogP contribution in [0.4, 0.5) is 17.1 Å². The summed E-state index contributed by atoms with van der Waals surface area (Å²) >= 11 is 0. The topological polar surface area (TPSA) is 3.24 Å². The molecule has 0 N–H and O–H groups in total. The quantitative estimate of drug-likeness (QED) is 0.166. The number of fused-ring (bicyclic) bond motifs is 16. The molecule has 0 saturated carbocycles. The first-order chi connectivity index (χ1) is 36.1. The van der Waals surface area contributed by atoms with E-state index in [1.807, 2.05) is 0 Å². The first-order valence-corrected chi connectivity index (χ1v) is 27.1. The van der Waals surface area contributed by atoms with Crippen LogP contribution in [0.3, 0.4) is 0 Å². The van der Waals surface area contributed by atoms with Crippen LogP contribution >= 0.6 is 0 Å². The Labute approximate surface area is 444 Å². The SMILES string of the molecule is CC(C)(C)c1ccc2c(c1)C1(c3ccccc3-c3cc(N(c4ccc(-c5cccc6c5C(C)(C)c5ccccc5-6)cc4)c4ccc5c(c4)C(C)(c4ccccc4)c4ccccc4-5)ccc31)c1cc(C(C)(C)C)ccc1-2. The van der Waals surface area contributed by atoms with E-state index in [0.29, 0.717) is 0 Å². The lowest BCUT2D eigenvalue weighted by atomic mass is 9.69. The van der Waals surface area contributed by atoms with E-state index in [9.17, 15) is 0 Å². The Morgan fingerprint density at radius 1 is 0.307 bits per heavy atom. The van der Waals surface area contributed by atoms with Crippen LogP contribution in [0.15, 0.2) is 218 Å². The molecule has 75 heavy (non-hydrogen) atoms. The van der Waals surface area contributed by atoms with Crippen LogP contribution in [0.5, 0.6) is 0 Å². The average molecular weight is 966 g/mol. The van der Waals surface area contributed by atoms with Gasteiger partial charge in [0.05, 0.1) is 5.41 Å². The Balaban J connectivity index is 0.991. The summed E-state index contributed by atoms with van der Waals surface area (Å²) in [4.78, 5) is 2.52. The van der Waals surface area contributed by atoms with Crippen molar-refractivity contribution in [2.45, 2.75) is 89.4 Å². The molecule has 0 amide bonds. The molecule has 10 aromatic rings. The molecule has 14 rings (SSSR count). The molecule has 4 aliphatic carbocycles. The van der Waals surface area contributed by atoms with Crippen molar-refractivity contribution in [1.82, 2.24) is 0 Å². The van der Waals surface area contributed by atoms with E-state index in [1.165, 1.54) is 117 Å². The molecule has 10 aromatic carbocycles. The van der Waals surface area contributed by atoms with Gasteiger partial charge >= 0.3 is 0 Å². The van der Waals surface area contributed by atoms with Crippen LogP contribution in [0, 0.1) is 0 Å². The fourth-order valence-electron chi connectivity index (χ4n) is 14.3. The van der Waals surface area contributed by atoms with Crippen molar-refractivity contribution in [2.75, 3.05) is 4.90 Å². The number of hydrogen-bond donors (Lipinski definition) is 0. The predicted octanol–water partition coefficient (Wildman–Crippen LogP) is 19.4. The predicted molar refractivity (Wildman–Crippen MR) is 315 cm³/mol. The zero-order valence-corrected chi connectivity index (χ0v) is 44.7. The Morgan fingerprint density at radius 3 is 1.40 bits per heavy atom. The summed E-state index contributed by atoms with van der Waals surface area (Å²) in [7, 11) is 0. The molecule has 1 spiro atoms. The average Bonchev–Trinajstić information content (AvgIpc) is 4.09. The molecule has 0 aromatic heterocycles. The van der Waals surface area contributed by atoms with Crippen LogP contribution in [0.25, 0.3) is 55.6 Å². The van der Waals surface area contributed by atoms with E-state index < -0.39 is 5.41 Å². The molecule has 0 bridgehead atoms. The molecule has 0 radical (unpaired) electrons. The standard InChI is InChI=1S/C74H63N/c1-70(2,3)48-32-38-58-59-39-33-49(71(4,5)6)43-68(59)74(67(58)42-48)64-29-18-15-24-56(64)61-44-51(37-41-65(61)74)75(52-36-40-57-54-22-14-17-28-63(54)73(9,66(57)45-52)47-20-11-10-12-21-47)50-34-30-46(31-35-50)53-25-19-26-60-55-23-13-16-27-62(55)72(7,8)69(53)60/h10-45H,1-9H3. The number of anilines is 3. The second-order valence-corrected chi connectivity index (χ2v) is 24.6. The maximum absolute atomic E-state index is 2.55. The minimum Gasteiger partial charge on any atom is -0.310 e. The highest BCUT2D eigenvalue weighted by molar-refractivity contribution is 5.98. The van der Waals surface area contributed by atoms with Crippen molar-refractivity contribution in [3.8, 4) is 55.6 Å². The van der Waals surface area contributed by atoms with Gasteiger partial charge in [-0.2, -0.15) is 0 Å². The minimum atomic E-state index is -0.482. The summed E-state index contributed by atoms with van der Waals surface area (Å²) in [5.74, 6) is 0. The summed E-state index contributed by atoms with van der Waals surface area (Å²) in [5, 5.41) is 0. The zero-order valence-electron chi connectivity index (χ0n) is 44.7. The number of hydrogen-bond acceptors (Lipinski definition) is 1. The molecule has 0 aliphatic heterocycles. The molecule has 0 saturated heterocycles. The molecule has 364 valence electrons. The summed E-state index contributed by atoms with van der Waals surface area (Å²) in [5.41, 5.74) is 30.4. The Hall–Kier alpha value is -8.00. The lowest BCUT2D eigenvalue weighted by molar-refractivity contribution is 0.586. The van der Waals surface area contributed by atoms with E-state index in [0.717, 1.165) is 17.1 Å². The van der Waals surface area contributed by atoms with Crippen LogP contribution in [-0.4, -0.2) is 0 Å². The number of benzene rings is 10. The number of nitrogens with zero attached hydrogens (tertiary/aromatic N) is 1. The number of rotatable bonds is 5. The summed E-state index contributed by atoms with van der Waals surface area (Å²) in [6, 6.07) is 84.0. The lowest BCUT2D eigenvalue weighted by Gasteiger charge is -2.33. The van der Waals surface area contributed by atoms with Crippen molar-refractivity contribution in [3.05, 3.63) is 280 Å². The molecule has 1 atom stereocenters. The van der Waals surface area contributed by atoms with Crippen LogP contribution in [0.1, 0.15) is 124 Å². The van der Waals surface area contributed by atoms with E-state index in [4.69, 9.17) is 0 Å². The van der Waals surface area contributed by atoms with Crippen molar-refractivity contribution < 1.29 is 0 Å². The second kappa shape index (κ2) is 15.8. The van der Waals surface area contributed by atoms with Gasteiger partial charge in [0, 0.05) is 27.9 Å². The molecular weight excluding hydrogens is 903 g/mol. The molecular formula is C74H63N. The van der Waals surface area contributed by atoms with E-state index in [-0.39, 0.29) is 21.7 Å². The van der Waals surface area contributed by atoms with Crippen molar-refractivity contribution >= 4 is 17.1 Å². The molecule has 1 nitrogen and oxygen atoms in total. The van der Waals surface area contributed by atoms with Crippen molar-refractivity contribution in [3.63, 3.8) is 0 Å². The first-order valence-electron chi connectivity index (χ1n) is 27.1. The van der Waals surface area contributed by atoms with Gasteiger partial charge < -0.3 is 4.90 Å². The fraction of sp³-hybridized carbons (Fsp3) is 0.189. The molecule has 0 heterocycles. The largest absolute Gasteiger partial charge is 0.310 e. The lowest BCUT2D eigenvalue weighted by Crippen LogP contribution is -2.27. The molecule has 0 fully saturated rings. The fourth-order valence-corrected chi connectivity index (χ4v) is 14.3. The first kappa shape index (κ1) is 45.6. The maximum Gasteiger partial charge on any atom is 0.0725 e. The Kier molecular flexibility index (Phi) is 9.58. The van der Waals surface area contributed by atoms with Gasteiger partial charge in [-0.05, 0) is 171 Å². The second-order valence-electron chi connectivity index (χ2n) is 24.6. The molecule has 1 unspecified atom stereocenters. The van der Waals surface area contributed by atoms with Crippen LogP contribution < -0.4 is 4.90 Å². The van der Waals surface area contributed by atoms with Crippen molar-refractivity contribution in [1.29, 1.82) is 0 Å². The highest BCUT2D eigenvalue weighted by Gasteiger charge is 2.52. The summed E-state index contributed by atoms with van der Waals surface area (Å²) < 4.78 is 0. The maximum atomic E-state index is 2.55. The summed E-state index contributed by atoms with van der Waals surface area (Å²) in [6.07, 6.45) is 0. The van der Waals surface area contributed by atoms with Crippen molar-refractivity contribution in [2.24, 2.45) is 0 Å². The third kappa shape index (κ3) is 6.31. The smallest absolute Gasteiger partial charge is 0.0725 e. The van der Waals surface area contributed by atoms with Gasteiger partial charge in [0.1, 0.15) is 0 Å². The Bertz CT molecular complexity index is 3940. The highest BCUT2D eigenvalue weighted by atomic mass is 15.1. The molecule has 4 aliphatic rings. The normalized spacial score (nSPS) is 16.6. The van der Waals surface area contributed by atoms with E-state index in [1.54, 1.807) is 0 Å². The van der Waals surface area contributed by atoms with Gasteiger partial charge in [-0.3, -0.25) is 0 Å². The van der Waals surface area contributed by atoms with Gasteiger partial charge in [0.15, 0.2) is 0 Å². The van der Waals surface area contributed by atoms with Gasteiger partial charge in [0.25, 0.3) is 0 Å². The zero-order chi connectivity index (χ0) is 51.4. The third-order valence-electron chi connectivity index (χ3n) is 18.1. The highest BCUT2D eigenvalue weighted by Crippen LogP contribution is 2.64. The monoisotopic (exact) mass is 965 g/mol.